The zero-order valence-corrected chi connectivity index (χ0v) is 13.0. The summed E-state index contributed by atoms with van der Waals surface area (Å²) in [5.74, 6) is 0. The number of hydrogen-bond acceptors (Lipinski definition) is 2. The van der Waals surface area contributed by atoms with Crippen LogP contribution in [0.3, 0.4) is 0 Å². The second-order valence-corrected chi connectivity index (χ2v) is 7.12. The van der Waals surface area contributed by atoms with E-state index in [0.717, 1.165) is 6.42 Å². The van der Waals surface area contributed by atoms with Crippen molar-refractivity contribution in [1.29, 1.82) is 0 Å². The van der Waals surface area contributed by atoms with Gasteiger partial charge in [0.05, 0.1) is 0 Å². The van der Waals surface area contributed by atoms with Crippen molar-refractivity contribution >= 4 is 0 Å². The molecule has 1 atom stereocenters. The first-order valence-corrected chi connectivity index (χ1v) is 8.19. The maximum absolute atomic E-state index is 6.57. The Morgan fingerprint density at radius 1 is 1.10 bits per heavy atom. The van der Waals surface area contributed by atoms with Crippen molar-refractivity contribution in [1.82, 2.24) is 4.90 Å². The summed E-state index contributed by atoms with van der Waals surface area (Å²) in [6, 6.07) is 7.24. The SMILES string of the molecule is CC(C)(C(N)Cc1ccc2c(c1)CCC2)N1CCCC1. The van der Waals surface area contributed by atoms with Gasteiger partial charge in [0, 0.05) is 11.6 Å². The molecule has 0 amide bonds. The molecule has 2 heteroatoms. The van der Waals surface area contributed by atoms with E-state index in [-0.39, 0.29) is 11.6 Å². The highest BCUT2D eigenvalue weighted by atomic mass is 15.2. The first-order valence-electron chi connectivity index (χ1n) is 8.19. The molecule has 1 aromatic rings. The van der Waals surface area contributed by atoms with Gasteiger partial charge in [0.25, 0.3) is 0 Å². The first kappa shape index (κ1) is 14.1. The molecule has 2 aliphatic rings. The largest absolute Gasteiger partial charge is 0.326 e. The van der Waals surface area contributed by atoms with Crippen molar-refractivity contribution in [2.75, 3.05) is 13.1 Å². The summed E-state index contributed by atoms with van der Waals surface area (Å²) in [6.07, 6.45) is 7.50. The molecular formula is C18H28N2. The van der Waals surface area contributed by atoms with Gasteiger partial charge in [-0.25, -0.2) is 0 Å². The summed E-state index contributed by atoms with van der Waals surface area (Å²) in [6.45, 7) is 7.06. The Labute approximate surface area is 123 Å². The lowest BCUT2D eigenvalue weighted by Crippen LogP contribution is -2.55. The van der Waals surface area contributed by atoms with Gasteiger partial charge < -0.3 is 5.73 Å². The quantitative estimate of drug-likeness (QED) is 0.913. The third-order valence-corrected chi connectivity index (χ3v) is 5.45. The molecule has 110 valence electrons. The maximum Gasteiger partial charge on any atom is 0.0307 e. The Kier molecular flexibility index (Phi) is 3.87. The topological polar surface area (TPSA) is 29.3 Å². The fourth-order valence-corrected chi connectivity index (χ4v) is 3.78. The van der Waals surface area contributed by atoms with Crippen molar-refractivity contribution in [3.8, 4) is 0 Å². The van der Waals surface area contributed by atoms with Crippen LogP contribution in [0.5, 0.6) is 0 Å². The van der Waals surface area contributed by atoms with E-state index in [2.05, 4.69) is 36.9 Å². The molecule has 1 aromatic carbocycles. The fraction of sp³-hybridized carbons (Fsp3) is 0.667. The van der Waals surface area contributed by atoms with E-state index in [0.29, 0.717) is 0 Å². The second-order valence-electron chi connectivity index (χ2n) is 7.12. The van der Waals surface area contributed by atoms with E-state index in [1.807, 2.05) is 0 Å². The van der Waals surface area contributed by atoms with Gasteiger partial charge in [0.15, 0.2) is 0 Å². The Balaban J connectivity index is 1.70. The summed E-state index contributed by atoms with van der Waals surface area (Å²) >= 11 is 0. The molecule has 0 bridgehead atoms. The third-order valence-electron chi connectivity index (χ3n) is 5.45. The molecule has 1 heterocycles. The molecule has 3 rings (SSSR count). The van der Waals surface area contributed by atoms with Crippen molar-refractivity contribution in [2.24, 2.45) is 5.73 Å². The molecule has 1 aliphatic carbocycles. The smallest absolute Gasteiger partial charge is 0.0307 e. The number of fused-ring (bicyclic) bond motifs is 1. The minimum absolute atomic E-state index is 0.107. The van der Waals surface area contributed by atoms with Gasteiger partial charge >= 0.3 is 0 Å². The van der Waals surface area contributed by atoms with Crippen LogP contribution in [0.4, 0.5) is 0 Å². The van der Waals surface area contributed by atoms with Crippen molar-refractivity contribution in [3.05, 3.63) is 34.9 Å². The summed E-state index contributed by atoms with van der Waals surface area (Å²) in [4.78, 5) is 2.57. The van der Waals surface area contributed by atoms with Crippen LogP contribution in [0.25, 0.3) is 0 Å². The van der Waals surface area contributed by atoms with E-state index in [4.69, 9.17) is 5.73 Å². The zero-order valence-electron chi connectivity index (χ0n) is 13.0. The van der Waals surface area contributed by atoms with Crippen molar-refractivity contribution in [2.45, 2.75) is 64.0 Å². The summed E-state index contributed by atoms with van der Waals surface area (Å²) in [5, 5.41) is 0. The normalized spacial score (nSPS) is 21.1. The molecule has 0 radical (unpaired) electrons. The van der Waals surface area contributed by atoms with E-state index in [9.17, 15) is 0 Å². The minimum Gasteiger partial charge on any atom is -0.326 e. The van der Waals surface area contributed by atoms with Gasteiger partial charge in [-0.15, -0.1) is 0 Å². The number of nitrogens with two attached hydrogens (primary N) is 1. The second kappa shape index (κ2) is 5.50. The highest BCUT2D eigenvalue weighted by Gasteiger charge is 2.34. The average Bonchev–Trinajstić information content (AvgIpc) is 3.09. The predicted octanol–water partition coefficient (Wildman–Crippen LogP) is 2.92. The summed E-state index contributed by atoms with van der Waals surface area (Å²) in [5.41, 5.74) is 11.2. The number of benzene rings is 1. The minimum atomic E-state index is 0.107. The van der Waals surface area contributed by atoms with Gasteiger partial charge in [-0.3, -0.25) is 4.90 Å². The Morgan fingerprint density at radius 2 is 1.80 bits per heavy atom. The summed E-state index contributed by atoms with van der Waals surface area (Å²) < 4.78 is 0. The molecule has 1 unspecified atom stereocenters. The Bertz CT molecular complexity index is 472. The maximum atomic E-state index is 6.57. The average molecular weight is 272 g/mol. The van der Waals surface area contributed by atoms with Crippen LogP contribution < -0.4 is 5.73 Å². The van der Waals surface area contributed by atoms with Gasteiger partial charge in [-0.2, -0.15) is 0 Å². The number of likely N-dealkylation sites (tertiary alicyclic amines) is 1. The standard InChI is InChI=1S/C18H28N2/c1-18(2,20-10-3-4-11-20)17(19)13-14-8-9-15-6-5-7-16(15)12-14/h8-9,12,17H,3-7,10-11,13,19H2,1-2H3. The molecule has 2 nitrogen and oxygen atoms in total. The number of hydrogen-bond donors (Lipinski definition) is 1. The van der Waals surface area contributed by atoms with Crippen LogP contribution in [0.15, 0.2) is 18.2 Å². The van der Waals surface area contributed by atoms with Gasteiger partial charge in [0.2, 0.25) is 0 Å². The molecule has 1 fully saturated rings. The van der Waals surface area contributed by atoms with Crippen LogP contribution >= 0.6 is 0 Å². The molecule has 0 spiro atoms. The fourth-order valence-electron chi connectivity index (χ4n) is 3.78. The molecule has 20 heavy (non-hydrogen) atoms. The van der Waals surface area contributed by atoms with Gasteiger partial charge in [-0.05, 0) is 82.2 Å². The van der Waals surface area contributed by atoms with Crippen LogP contribution in [-0.4, -0.2) is 29.6 Å². The highest BCUT2D eigenvalue weighted by Crippen LogP contribution is 2.27. The molecular weight excluding hydrogens is 244 g/mol. The summed E-state index contributed by atoms with van der Waals surface area (Å²) in [7, 11) is 0. The predicted molar refractivity (Wildman–Crippen MR) is 85.0 cm³/mol. The first-order chi connectivity index (χ1) is 9.57. The van der Waals surface area contributed by atoms with Crippen LogP contribution in [-0.2, 0) is 19.3 Å². The number of nitrogens with zero attached hydrogens (tertiary/aromatic N) is 1. The van der Waals surface area contributed by atoms with E-state index < -0.39 is 0 Å². The molecule has 1 aliphatic heterocycles. The molecule has 0 saturated carbocycles. The zero-order chi connectivity index (χ0) is 14.2. The highest BCUT2D eigenvalue weighted by molar-refractivity contribution is 5.35. The van der Waals surface area contributed by atoms with E-state index in [1.165, 1.54) is 50.8 Å². The lowest BCUT2D eigenvalue weighted by atomic mass is 9.88. The van der Waals surface area contributed by atoms with Crippen LogP contribution in [0.1, 0.15) is 49.8 Å². The Hall–Kier alpha value is -0.860. The van der Waals surface area contributed by atoms with E-state index >= 15 is 0 Å². The Morgan fingerprint density at radius 3 is 2.55 bits per heavy atom. The van der Waals surface area contributed by atoms with E-state index in [1.54, 1.807) is 11.1 Å². The molecule has 0 aromatic heterocycles. The lowest BCUT2D eigenvalue weighted by Gasteiger charge is -2.40. The number of rotatable bonds is 4. The van der Waals surface area contributed by atoms with Crippen LogP contribution in [0, 0.1) is 0 Å². The van der Waals surface area contributed by atoms with Gasteiger partial charge in [-0.1, -0.05) is 18.2 Å². The van der Waals surface area contributed by atoms with Crippen LogP contribution in [0.2, 0.25) is 0 Å². The molecule has 2 N–H and O–H groups in total. The monoisotopic (exact) mass is 272 g/mol. The van der Waals surface area contributed by atoms with Crippen molar-refractivity contribution < 1.29 is 0 Å². The lowest BCUT2D eigenvalue weighted by molar-refractivity contribution is 0.123. The number of aryl methyl sites for hydroxylation is 2. The molecule has 1 saturated heterocycles. The van der Waals surface area contributed by atoms with Gasteiger partial charge in [0.1, 0.15) is 0 Å². The third kappa shape index (κ3) is 2.64. The van der Waals surface area contributed by atoms with Crippen molar-refractivity contribution in [3.63, 3.8) is 0 Å².